The first-order chi connectivity index (χ1) is 5.27. The van der Waals surface area contributed by atoms with E-state index >= 15 is 0 Å². The maximum Gasteiger partial charge on any atom is 0.253 e. The van der Waals surface area contributed by atoms with Crippen molar-refractivity contribution in [1.82, 2.24) is 19.6 Å². The Morgan fingerprint density at radius 2 is 2.45 bits per heavy atom. The first kappa shape index (κ1) is 6.93. The van der Waals surface area contributed by atoms with Crippen molar-refractivity contribution >= 4 is 33.9 Å². The lowest BCUT2D eigenvalue weighted by atomic mass is 10.7. The Kier molecular flexibility index (Phi) is 1.50. The van der Waals surface area contributed by atoms with Crippen molar-refractivity contribution < 1.29 is 0 Å². The topological polar surface area (TPSA) is 46.0 Å². The number of nitrogens with one attached hydrogen (secondary N) is 1. The van der Waals surface area contributed by atoms with Gasteiger partial charge in [-0.25, -0.2) is 10.1 Å². The van der Waals surface area contributed by atoms with Crippen molar-refractivity contribution in [2.24, 2.45) is 0 Å². The lowest BCUT2D eigenvalue weighted by Gasteiger charge is -1.89. The molecule has 0 bridgehead atoms. The molecule has 11 heavy (non-hydrogen) atoms. The molecule has 0 fully saturated rings. The number of halogens is 1. The first-order valence-electron chi connectivity index (χ1n) is 2.85. The second kappa shape index (κ2) is 2.38. The van der Waals surface area contributed by atoms with Crippen LogP contribution in [0.1, 0.15) is 0 Å². The van der Waals surface area contributed by atoms with Crippen LogP contribution in [0.15, 0.2) is 16.9 Å². The van der Waals surface area contributed by atoms with E-state index in [1.807, 2.05) is 6.20 Å². The zero-order valence-electron chi connectivity index (χ0n) is 5.28. The summed E-state index contributed by atoms with van der Waals surface area (Å²) in [4.78, 5) is 4.01. The quantitative estimate of drug-likeness (QED) is 0.699. The molecule has 0 radical (unpaired) electrons. The Hall–Kier alpha value is -0.750. The molecule has 0 amide bonds. The van der Waals surface area contributed by atoms with Crippen LogP contribution >= 0.6 is 28.1 Å². The number of hydrogen-bond acceptors (Lipinski definition) is 3. The van der Waals surface area contributed by atoms with Crippen LogP contribution in [0.3, 0.4) is 0 Å². The van der Waals surface area contributed by atoms with Gasteiger partial charge < -0.3 is 0 Å². The van der Waals surface area contributed by atoms with Gasteiger partial charge in [0.2, 0.25) is 4.77 Å². The van der Waals surface area contributed by atoms with E-state index in [9.17, 15) is 0 Å². The molecule has 0 aliphatic rings. The molecule has 0 saturated carbocycles. The second-order valence-electron chi connectivity index (χ2n) is 1.97. The zero-order chi connectivity index (χ0) is 7.84. The van der Waals surface area contributed by atoms with E-state index < -0.39 is 0 Å². The smallest absolute Gasteiger partial charge is 0.253 e. The Bertz CT molecular complexity index is 445. The summed E-state index contributed by atoms with van der Waals surface area (Å²) in [7, 11) is 0. The van der Waals surface area contributed by atoms with E-state index in [-0.39, 0.29) is 0 Å². The van der Waals surface area contributed by atoms with Crippen molar-refractivity contribution in [2.45, 2.75) is 0 Å². The number of hydrogen-bond donors (Lipinski definition) is 1. The van der Waals surface area contributed by atoms with Gasteiger partial charge in [0.05, 0.1) is 4.47 Å². The van der Waals surface area contributed by atoms with Crippen LogP contribution in [0.2, 0.25) is 0 Å². The minimum atomic E-state index is 0.550. The molecule has 4 nitrogen and oxygen atoms in total. The van der Waals surface area contributed by atoms with Crippen LogP contribution in [0.4, 0.5) is 0 Å². The minimum absolute atomic E-state index is 0.550. The molecule has 2 rings (SSSR count). The van der Waals surface area contributed by atoms with Crippen molar-refractivity contribution in [2.75, 3.05) is 0 Å². The largest absolute Gasteiger partial charge is 0.258 e. The SMILES string of the molecule is S=c1[nH]nc2ncc(Br)cn12. The summed E-state index contributed by atoms with van der Waals surface area (Å²) >= 11 is 8.21. The van der Waals surface area contributed by atoms with Gasteiger partial charge in [0.25, 0.3) is 5.78 Å². The van der Waals surface area contributed by atoms with E-state index in [0.29, 0.717) is 10.5 Å². The molecule has 0 aliphatic heterocycles. The lowest BCUT2D eigenvalue weighted by molar-refractivity contribution is 1.07. The Morgan fingerprint density at radius 3 is 3.27 bits per heavy atom. The number of aromatic nitrogens is 4. The Balaban J connectivity index is 2.99. The summed E-state index contributed by atoms with van der Waals surface area (Å²) in [6, 6.07) is 0. The predicted molar refractivity (Wildman–Crippen MR) is 45.9 cm³/mol. The number of aromatic amines is 1. The van der Waals surface area contributed by atoms with Crippen LogP contribution < -0.4 is 0 Å². The number of fused-ring (bicyclic) bond motifs is 1. The van der Waals surface area contributed by atoms with Gasteiger partial charge in [-0.3, -0.25) is 4.40 Å². The molecule has 1 N–H and O–H groups in total. The Morgan fingerprint density at radius 1 is 1.64 bits per heavy atom. The summed E-state index contributed by atoms with van der Waals surface area (Å²) < 4.78 is 3.12. The van der Waals surface area contributed by atoms with Crippen LogP contribution in [0.5, 0.6) is 0 Å². The number of nitrogens with zero attached hydrogens (tertiary/aromatic N) is 3. The monoisotopic (exact) mass is 230 g/mol. The molecule has 0 saturated heterocycles. The zero-order valence-corrected chi connectivity index (χ0v) is 7.69. The van der Waals surface area contributed by atoms with Crippen molar-refractivity contribution in [1.29, 1.82) is 0 Å². The standard InChI is InChI=1S/C5H3BrN4S/c6-3-1-7-4-8-9-5(11)10(4)2-3/h1-2H,(H,9,11). The molecule has 56 valence electrons. The molecule has 0 aromatic carbocycles. The molecule has 2 aromatic rings. The van der Waals surface area contributed by atoms with Gasteiger partial charge in [-0.2, -0.15) is 0 Å². The van der Waals surface area contributed by atoms with Crippen molar-refractivity contribution in [3.8, 4) is 0 Å². The molecule has 2 heterocycles. The van der Waals surface area contributed by atoms with Crippen LogP contribution in [0.25, 0.3) is 5.78 Å². The highest BCUT2D eigenvalue weighted by Gasteiger charge is 1.96. The van der Waals surface area contributed by atoms with Gasteiger partial charge in [-0.05, 0) is 28.1 Å². The van der Waals surface area contributed by atoms with Gasteiger partial charge in [0.15, 0.2) is 0 Å². The van der Waals surface area contributed by atoms with Crippen molar-refractivity contribution in [3.05, 3.63) is 21.6 Å². The predicted octanol–water partition coefficient (Wildman–Crippen LogP) is 1.55. The normalized spacial score (nSPS) is 10.6. The number of rotatable bonds is 0. The van der Waals surface area contributed by atoms with E-state index in [0.717, 1.165) is 4.47 Å². The van der Waals surface area contributed by atoms with E-state index in [1.54, 1.807) is 10.6 Å². The van der Waals surface area contributed by atoms with Gasteiger partial charge in [0.1, 0.15) is 0 Å². The van der Waals surface area contributed by atoms with Crippen LogP contribution in [-0.4, -0.2) is 19.6 Å². The summed E-state index contributed by atoms with van der Waals surface area (Å²) in [5, 5.41) is 6.51. The second-order valence-corrected chi connectivity index (χ2v) is 3.27. The average Bonchev–Trinajstić information content (AvgIpc) is 2.33. The van der Waals surface area contributed by atoms with Gasteiger partial charge in [-0.1, -0.05) is 0 Å². The molecule has 0 atom stereocenters. The van der Waals surface area contributed by atoms with Gasteiger partial charge >= 0.3 is 0 Å². The average molecular weight is 231 g/mol. The number of H-pyrrole nitrogens is 1. The molecular weight excluding hydrogens is 228 g/mol. The van der Waals surface area contributed by atoms with Gasteiger partial charge in [-0.15, -0.1) is 5.10 Å². The fourth-order valence-corrected chi connectivity index (χ4v) is 1.27. The Labute approximate surface area is 75.4 Å². The summed E-state index contributed by atoms with van der Waals surface area (Å²) in [5.41, 5.74) is 0. The maximum absolute atomic E-state index is 4.93. The lowest BCUT2D eigenvalue weighted by Crippen LogP contribution is -1.86. The fourth-order valence-electron chi connectivity index (χ4n) is 0.780. The highest BCUT2D eigenvalue weighted by atomic mass is 79.9. The van der Waals surface area contributed by atoms with Gasteiger partial charge in [0, 0.05) is 12.4 Å². The maximum atomic E-state index is 4.93. The summed E-state index contributed by atoms with van der Waals surface area (Å²) in [6.07, 6.45) is 3.49. The van der Waals surface area contributed by atoms with Crippen LogP contribution in [-0.2, 0) is 0 Å². The first-order valence-corrected chi connectivity index (χ1v) is 4.06. The highest BCUT2D eigenvalue weighted by molar-refractivity contribution is 9.10. The highest BCUT2D eigenvalue weighted by Crippen LogP contribution is 2.07. The van der Waals surface area contributed by atoms with E-state index in [2.05, 4.69) is 31.1 Å². The molecule has 2 aromatic heterocycles. The van der Waals surface area contributed by atoms with Crippen molar-refractivity contribution in [3.63, 3.8) is 0 Å². The van der Waals surface area contributed by atoms with E-state index in [4.69, 9.17) is 12.2 Å². The third kappa shape index (κ3) is 1.08. The third-order valence-corrected chi connectivity index (χ3v) is 1.94. The molecule has 6 heteroatoms. The summed E-state index contributed by atoms with van der Waals surface area (Å²) in [5.74, 6) is 0.582. The molecular formula is C5H3BrN4S. The molecule has 0 aliphatic carbocycles. The summed E-state index contributed by atoms with van der Waals surface area (Å²) in [6.45, 7) is 0. The van der Waals surface area contributed by atoms with E-state index in [1.165, 1.54) is 0 Å². The van der Waals surface area contributed by atoms with Crippen LogP contribution in [0, 0.1) is 4.77 Å². The molecule has 0 spiro atoms. The molecule has 0 unspecified atom stereocenters. The fraction of sp³-hybridized carbons (Fsp3) is 0. The minimum Gasteiger partial charge on any atom is -0.258 e. The third-order valence-electron chi connectivity index (χ3n) is 1.24.